The molecule has 0 aliphatic carbocycles. The van der Waals surface area contributed by atoms with E-state index in [0.29, 0.717) is 24.5 Å². The van der Waals surface area contributed by atoms with Gasteiger partial charge in [-0.15, -0.1) is 0 Å². The first-order valence-electron chi connectivity index (χ1n) is 7.17. The lowest BCUT2D eigenvalue weighted by Gasteiger charge is -2.25. The van der Waals surface area contributed by atoms with Crippen LogP contribution in [0.15, 0.2) is 24.3 Å². The minimum atomic E-state index is -0.622. The van der Waals surface area contributed by atoms with Crippen molar-refractivity contribution >= 4 is 0 Å². The highest BCUT2D eigenvalue weighted by atomic mass is 19.1. The highest BCUT2D eigenvalue weighted by Gasteiger charge is 2.12. The number of rotatable bonds is 9. The van der Waals surface area contributed by atoms with Crippen LogP contribution in [0.2, 0.25) is 0 Å². The van der Waals surface area contributed by atoms with E-state index in [-0.39, 0.29) is 5.82 Å². The lowest BCUT2D eigenvalue weighted by Crippen LogP contribution is -2.32. The van der Waals surface area contributed by atoms with Crippen molar-refractivity contribution in [3.63, 3.8) is 0 Å². The molecule has 0 aromatic heterocycles. The number of aliphatic hydroxyl groups excluding tert-OH is 1. The molecule has 1 atom stereocenters. The Morgan fingerprint density at radius 3 is 2.65 bits per heavy atom. The molecule has 0 amide bonds. The minimum absolute atomic E-state index is 0.306. The number of hydrogen-bond donors (Lipinski definition) is 1. The standard InChI is InChI=1S/C16H26FNO2/c1-13(2)12-18(9-10-20-3)8-7-16(19)14-5-4-6-15(17)11-14/h4-6,11,13,16,19H,7-10,12H2,1-3H3. The maximum atomic E-state index is 13.1. The Kier molecular flexibility index (Phi) is 7.73. The number of hydrogen-bond acceptors (Lipinski definition) is 3. The maximum Gasteiger partial charge on any atom is 0.123 e. The van der Waals surface area contributed by atoms with Gasteiger partial charge in [-0.1, -0.05) is 26.0 Å². The third kappa shape index (κ3) is 6.46. The normalized spacial score (nSPS) is 13.2. The second-order valence-corrected chi connectivity index (χ2v) is 5.55. The van der Waals surface area contributed by atoms with E-state index < -0.39 is 6.10 Å². The summed E-state index contributed by atoms with van der Waals surface area (Å²) in [6.07, 6.45) is -0.0252. The molecule has 0 aliphatic rings. The molecule has 0 radical (unpaired) electrons. The Morgan fingerprint density at radius 2 is 2.05 bits per heavy atom. The van der Waals surface area contributed by atoms with Gasteiger partial charge in [-0.05, 0) is 30.0 Å². The molecular formula is C16H26FNO2. The zero-order chi connectivity index (χ0) is 15.0. The monoisotopic (exact) mass is 283 g/mol. The first-order valence-corrected chi connectivity index (χ1v) is 7.17. The lowest BCUT2D eigenvalue weighted by molar-refractivity contribution is 0.111. The molecule has 0 spiro atoms. The zero-order valence-electron chi connectivity index (χ0n) is 12.7. The van der Waals surface area contributed by atoms with Crippen molar-refractivity contribution in [3.8, 4) is 0 Å². The van der Waals surface area contributed by atoms with E-state index in [2.05, 4.69) is 18.7 Å². The van der Waals surface area contributed by atoms with Crippen LogP contribution in [0.1, 0.15) is 31.9 Å². The van der Waals surface area contributed by atoms with E-state index >= 15 is 0 Å². The van der Waals surface area contributed by atoms with Gasteiger partial charge in [0.15, 0.2) is 0 Å². The molecule has 0 saturated heterocycles. The number of methoxy groups -OCH3 is 1. The predicted molar refractivity (Wildman–Crippen MR) is 79.1 cm³/mol. The average Bonchev–Trinajstić information content (AvgIpc) is 2.41. The van der Waals surface area contributed by atoms with Gasteiger partial charge in [0.05, 0.1) is 12.7 Å². The van der Waals surface area contributed by atoms with Gasteiger partial charge in [-0.25, -0.2) is 4.39 Å². The highest BCUT2D eigenvalue weighted by Crippen LogP contribution is 2.18. The summed E-state index contributed by atoms with van der Waals surface area (Å²) in [6.45, 7) is 7.62. The van der Waals surface area contributed by atoms with Crippen LogP contribution in [0.25, 0.3) is 0 Å². The fourth-order valence-electron chi connectivity index (χ4n) is 2.22. The van der Waals surface area contributed by atoms with E-state index in [0.717, 1.165) is 19.6 Å². The molecular weight excluding hydrogens is 257 g/mol. The molecule has 4 heteroatoms. The van der Waals surface area contributed by atoms with Crippen molar-refractivity contribution in [2.75, 3.05) is 33.4 Å². The summed E-state index contributed by atoms with van der Waals surface area (Å²) in [5.74, 6) is 0.262. The minimum Gasteiger partial charge on any atom is -0.388 e. The fourth-order valence-corrected chi connectivity index (χ4v) is 2.22. The number of nitrogens with zero attached hydrogens (tertiary/aromatic N) is 1. The summed E-state index contributed by atoms with van der Waals surface area (Å²) in [5, 5.41) is 10.1. The van der Waals surface area contributed by atoms with E-state index in [1.807, 2.05) is 0 Å². The van der Waals surface area contributed by atoms with Crippen molar-refractivity contribution in [3.05, 3.63) is 35.6 Å². The number of aliphatic hydroxyl groups is 1. The molecule has 1 rings (SSSR count). The van der Waals surface area contributed by atoms with Crippen LogP contribution in [0.5, 0.6) is 0 Å². The summed E-state index contributed by atoms with van der Waals surface area (Å²) >= 11 is 0. The SMILES string of the molecule is COCCN(CCC(O)c1cccc(F)c1)CC(C)C. The maximum absolute atomic E-state index is 13.1. The molecule has 1 aromatic carbocycles. The molecule has 1 N–H and O–H groups in total. The van der Waals surface area contributed by atoms with Crippen LogP contribution in [-0.2, 0) is 4.74 Å². The number of benzene rings is 1. The Balaban J connectivity index is 2.48. The van der Waals surface area contributed by atoms with Gasteiger partial charge in [0.2, 0.25) is 0 Å². The quantitative estimate of drug-likeness (QED) is 0.756. The van der Waals surface area contributed by atoms with Crippen LogP contribution in [0, 0.1) is 11.7 Å². The van der Waals surface area contributed by atoms with E-state index in [4.69, 9.17) is 4.74 Å². The van der Waals surface area contributed by atoms with Gasteiger partial charge < -0.3 is 14.7 Å². The lowest BCUT2D eigenvalue weighted by atomic mass is 10.1. The van der Waals surface area contributed by atoms with Crippen LogP contribution in [0.3, 0.4) is 0 Å². The van der Waals surface area contributed by atoms with E-state index in [1.54, 1.807) is 19.2 Å². The van der Waals surface area contributed by atoms with Gasteiger partial charge in [0.1, 0.15) is 5.82 Å². The van der Waals surface area contributed by atoms with Crippen LogP contribution < -0.4 is 0 Å². The summed E-state index contributed by atoms with van der Waals surface area (Å²) < 4.78 is 18.2. The second-order valence-electron chi connectivity index (χ2n) is 5.55. The van der Waals surface area contributed by atoms with Crippen molar-refractivity contribution in [1.29, 1.82) is 0 Å². The van der Waals surface area contributed by atoms with E-state index in [9.17, 15) is 9.50 Å². The smallest absolute Gasteiger partial charge is 0.123 e. The second kappa shape index (κ2) is 9.06. The summed E-state index contributed by atoms with van der Waals surface area (Å²) in [4.78, 5) is 2.27. The average molecular weight is 283 g/mol. The Hall–Kier alpha value is -0.970. The Labute approximate surface area is 121 Å². The van der Waals surface area contributed by atoms with Gasteiger partial charge in [0.25, 0.3) is 0 Å². The third-order valence-corrected chi connectivity index (χ3v) is 3.19. The molecule has 0 heterocycles. The first kappa shape index (κ1) is 17.1. The van der Waals surface area contributed by atoms with Crippen LogP contribution in [0.4, 0.5) is 4.39 Å². The van der Waals surface area contributed by atoms with Crippen molar-refractivity contribution in [2.45, 2.75) is 26.4 Å². The fraction of sp³-hybridized carbons (Fsp3) is 0.625. The molecule has 0 saturated carbocycles. The number of ether oxygens (including phenoxy) is 1. The third-order valence-electron chi connectivity index (χ3n) is 3.19. The Morgan fingerprint density at radius 1 is 1.30 bits per heavy atom. The molecule has 0 bridgehead atoms. The zero-order valence-corrected chi connectivity index (χ0v) is 12.7. The Bertz CT molecular complexity index is 384. The summed E-state index contributed by atoms with van der Waals surface area (Å²) in [6, 6.07) is 6.17. The summed E-state index contributed by atoms with van der Waals surface area (Å²) in [7, 11) is 1.69. The molecule has 3 nitrogen and oxygen atoms in total. The molecule has 114 valence electrons. The highest BCUT2D eigenvalue weighted by molar-refractivity contribution is 5.18. The molecule has 20 heavy (non-hydrogen) atoms. The van der Waals surface area contributed by atoms with Gasteiger partial charge in [0, 0.05) is 26.7 Å². The topological polar surface area (TPSA) is 32.7 Å². The van der Waals surface area contributed by atoms with Gasteiger partial charge in [-0.3, -0.25) is 0 Å². The predicted octanol–water partition coefficient (Wildman–Crippen LogP) is 2.85. The molecule has 1 aromatic rings. The first-order chi connectivity index (χ1) is 9.52. The molecule has 0 fully saturated rings. The van der Waals surface area contributed by atoms with Gasteiger partial charge >= 0.3 is 0 Å². The van der Waals surface area contributed by atoms with Gasteiger partial charge in [-0.2, -0.15) is 0 Å². The van der Waals surface area contributed by atoms with Crippen molar-refractivity contribution in [1.82, 2.24) is 4.90 Å². The van der Waals surface area contributed by atoms with Crippen molar-refractivity contribution in [2.24, 2.45) is 5.92 Å². The molecule has 1 unspecified atom stereocenters. The number of halogens is 1. The van der Waals surface area contributed by atoms with E-state index in [1.165, 1.54) is 12.1 Å². The largest absolute Gasteiger partial charge is 0.388 e. The van der Waals surface area contributed by atoms with Crippen LogP contribution >= 0.6 is 0 Å². The molecule has 0 aliphatic heterocycles. The van der Waals surface area contributed by atoms with Crippen LogP contribution in [-0.4, -0.2) is 43.4 Å². The summed E-state index contributed by atoms with van der Waals surface area (Å²) in [5.41, 5.74) is 0.640. The van der Waals surface area contributed by atoms with Crippen molar-refractivity contribution < 1.29 is 14.2 Å².